The third-order valence-corrected chi connectivity index (χ3v) is 5.16. The van der Waals surface area contributed by atoms with Gasteiger partial charge in [-0.1, -0.05) is 23.9 Å². The molecule has 2 aromatic carbocycles. The van der Waals surface area contributed by atoms with E-state index in [1.54, 1.807) is 42.0 Å². The SMILES string of the molecule is CCn1c(SCC(=O)c2ccc(OC)c(OC)c2)nc2ccccc2c1=O. The lowest BCUT2D eigenvalue weighted by molar-refractivity contribution is 0.102. The number of benzene rings is 2. The highest BCUT2D eigenvalue weighted by Gasteiger charge is 2.15. The number of carbonyl (C=O) groups excluding carboxylic acids is 1. The Labute approximate surface area is 161 Å². The minimum atomic E-state index is -0.0934. The van der Waals surface area contributed by atoms with E-state index in [2.05, 4.69) is 4.98 Å². The first-order valence-corrected chi connectivity index (χ1v) is 9.45. The lowest BCUT2D eigenvalue weighted by Gasteiger charge is -2.11. The number of methoxy groups -OCH3 is 2. The molecule has 0 unspecified atom stereocenters. The lowest BCUT2D eigenvalue weighted by atomic mass is 10.1. The van der Waals surface area contributed by atoms with Crippen LogP contribution in [-0.2, 0) is 6.54 Å². The van der Waals surface area contributed by atoms with Crippen molar-refractivity contribution in [2.24, 2.45) is 0 Å². The number of rotatable bonds is 7. The molecule has 0 bridgehead atoms. The molecule has 0 aliphatic heterocycles. The van der Waals surface area contributed by atoms with Crippen LogP contribution in [0.2, 0.25) is 0 Å². The number of nitrogens with zero attached hydrogens (tertiary/aromatic N) is 2. The second-order valence-electron chi connectivity index (χ2n) is 5.74. The van der Waals surface area contributed by atoms with Crippen LogP contribution in [-0.4, -0.2) is 35.3 Å². The van der Waals surface area contributed by atoms with E-state index in [1.165, 1.54) is 18.9 Å². The monoisotopic (exact) mass is 384 g/mol. The third-order valence-electron chi connectivity index (χ3n) is 4.18. The van der Waals surface area contributed by atoms with Gasteiger partial charge >= 0.3 is 0 Å². The van der Waals surface area contributed by atoms with Crippen LogP contribution in [0.1, 0.15) is 17.3 Å². The second kappa shape index (κ2) is 8.26. The highest BCUT2D eigenvalue weighted by Crippen LogP contribution is 2.28. The van der Waals surface area contributed by atoms with Crippen LogP contribution >= 0.6 is 11.8 Å². The van der Waals surface area contributed by atoms with Crippen LogP contribution in [0.25, 0.3) is 10.9 Å². The van der Waals surface area contributed by atoms with Crippen molar-refractivity contribution in [3.05, 3.63) is 58.4 Å². The number of ketones is 1. The van der Waals surface area contributed by atoms with Gasteiger partial charge in [0, 0.05) is 12.1 Å². The molecular formula is C20H20N2O4S. The number of Topliss-reactive ketones (excluding diaryl/α,β-unsaturated/α-hetero) is 1. The van der Waals surface area contributed by atoms with Gasteiger partial charge in [0.1, 0.15) is 0 Å². The van der Waals surface area contributed by atoms with E-state index >= 15 is 0 Å². The van der Waals surface area contributed by atoms with E-state index in [1.807, 2.05) is 19.1 Å². The Morgan fingerprint density at radius 1 is 1.11 bits per heavy atom. The molecule has 3 rings (SSSR count). The van der Waals surface area contributed by atoms with E-state index in [-0.39, 0.29) is 17.1 Å². The lowest BCUT2D eigenvalue weighted by Crippen LogP contribution is -2.22. The zero-order chi connectivity index (χ0) is 19.4. The smallest absolute Gasteiger partial charge is 0.262 e. The maximum absolute atomic E-state index is 12.6. The van der Waals surface area contributed by atoms with E-state index in [0.29, 0.717) is 39.7 Å². The average Bonchev–Trinajstić information content (AvgIpc) is 2.71. The molecule has 0 spiro atoms. The first-order valence-electron chi connectivity index (χ1n) is 8.46. The summed E-state index contributed by atoms with van der Waals surface area (Å²) < 4.78 is 12.0. The van der Waals surface area contributed by atoms with Crippen molar-refractivity contribution in [3.63, 3.8) is 0 Å². The quantitative estimate of drug-likeness (QED) is 0.353. The molecule has 0 radical (unpaired) electrons. The maximum atomic E-state index is 12.6. The molecule has 0 aliphatic carbocycles. The van der Waals surface area contributed by atoms with Crippen LogP contribution < -0.4 is 15.0 Å². The largest absolute Gasteiger partial charge is 0.493 e. The van der Waals surface area contributed by atoms with Crippen LogP contribution in [0.5, 0.6) is 11.5 Å². The summed E-state index contributed by atoms with van der Waals surface area (Å²) in [6.07, 6.45) is 0. The fraction of sp³-hybridized carbons (Fsp3) is 0.250. The standard InChI is InChI=1S/C20H20N2O4S/c1-4-22-19(24)14-7-5-6-8-15(14)21-20(22)27-12-16(23)13-9-10-17(25-2)18(11-13)26-3/h5-11H,4,12H2,1-3H3. The average molecular weight is 384 g/mol. The molecule has 0 saturated heterocycles. The Kier molecular flexibility index (Phi) is 5.81. The van der Waals surface area contributed by atoms with Crippen molar-refractivity contribution in [2.45, 2.75) is 18.6 Å². The minimum Gasteiger partial charge on any atom is -0.493 e. The number of carbonyl (C=O) groups is 1. The highest BCUT2D eigenvalue weighted by molar-refractivity contribution is 7.99. The summed E-state index contributed by atoms with van der Waals surface area (Å²) in [5.74, 6) is 1.16. The molecule has 0 atom stereocenters. The molecule has 0 fully saturated rings. The predicted molar refractivity (Wildman–Crippen MR) is 106 cm³/mol. The summed E-state index contributed by atoms with van der Waals surface area (Å²) in [5, 5.41) is 1.12. The first-order chi connectivity index (χ1) is 13.1. The van der Waals surface area contributed by atoms with Gasteiger partial charge in [-0.15, -0.1) is 0 Å². The van der Waals surface area contributed by atoms with Gasteiger partial charge in [0.05, 0.1) is 30.9 Å². The molecule has 1 aromatic heterocycles. The van der Waals surface area contributed by atoms with Crippen LogP contribution in [0, 0.1) is 0 Å². The summed E-state index contributed by atoms with van der Waals surface area (Å²) in [5.41, 5.74) is 1.06. The number of para-hydroxylation sites is 1. The molecule has 0 N–H and O–H groups in total. The first kappa shape index (κ1) is 19.0. The summed E-state index contributed by atoms with van der Waals surface area (Å²) in [7, 11) is 3.07. The van der Waals surface area contributed by atoms with E-state index in [9.17, 15) is 9.59 Å². The van der Waals surface area contributed by atoms with Gasteiger partial charge in [0.25, 0.3) is 5.56 Å². The molecule has 1 heterocycles. The van der Waals surface area contributed by atoms with Gasteiger partial charge in [-0.05, 0) is 37.3 Å². The number of aromatic nitrogens is 2. The number of hydrogen-bond acceptors (Lipinski definition) is 6. The van der Waals surface area contributed by atoms with Crippen molar-refractivity contribution in [2.75, 3.05) is 20.0 Å². The number of ether oxygens (including phenoxy) is 2. The molecule has 27 heavy (non-hydrogen) atoms. The van der Waals surface area contributed by atoms with Gasteiger partial charge in [0.2, 0.25) is 0 Å². The zero-order valence-electron chi connectivity index (χ0n) is 15.4. The Morgan fingerprint density at radius 3 is 2.56 bits per heavy atom. The topological polar surface area (TPSA) is 70.4 Å². The van der Waals surface area contributed by atoms with Gasteiger partial charge in [0.15, 0.2) is 22.4 Å². The third kappa shape index (κ3) is 3.83. The van der Waals surface area contributed by atoms with Crippen molar-refractivity contribution in [1.29, 1.82) is 0 Å². The van der Waals surface area contributed by atoms with E-state index in [0.717, 1.165) is 0 Å². The Hall–Kier alpha value is -2.80. The zero-order valence-corrected chi connectivity index (χ0v) is 16.2. The second-order valence-corrected chi connectivity index (χ2v) is 6.69. The molecule has 140 valence electrons. The van der Waals surface area contributed by atoms with Gasteiger partial charge in [-0.25, -0.2) is 4.98 Å². The fourth-order valence-corrected chi connectivity index (χ4v) is 3.72. The van der Waals surface area contributed by atoms with Gasteiger partial charge < -0.3 is 9.47 Å². The number of fused-ring (bicyclic) bond motifs is 1. The molecule has 7 heteroatoms. The number of hydrogen-bond donors (Lipinski definition) is 0. The molecular weight excluding hydrogens is 364 g/mol. The normalized spacial score (nSPS) is 10.8. The molecule has 0 saturated carbocycles. The Bertz CT molecular complexity index is 1050. The maximum Gasteiger partial charge on any atom is 0.262 e. The Morgan fingerprint density at radius 2 is 1.85 bits per heavy atom. The molecule has 3 aromatic rings. The minimum absolute atomic E-state index is 0.0778. The fourth-order valence-electron chi connectivity index (χ4n) is 2.76. The van der Waals surface area contributed by atoms with Gasteiger partial charge in [-0.2, -0.15) is 0 Å². The van der Waals surface area contributed by atoms with Crippen LogP contribution in [0.4, 0.5) is 0 Å². The van der Waals surface area contributed by atoms with Crippen molar-refractivity contribution < 1.29 is 14.3 Å². The molecule has 0 aliphatic rings. The van der Waals surface area contributed by atoms with Crippen LogP contribution in [0.15, 0.2) is 52.4 Å². The molecule has 6 nitrogen and oxygen atoms in total. The molecule has 0 amide bonds. The van der Waals surface area contributed by atoms with E-state index < -0.39 is 0 Å². The summed E-state index contributed by atoms with van der Waals surface area (Å²) in [6.45, 7) is 2.38. The van der Waals surface area contributed by atoms with Gasteiger partial charge in [-0.3, -0.25) is 14.2 Å². The summed E-state index contributed by atoms with van der Waals surface area (Å²) in [6, 6.07) is 12.3. The van der Waals surface area contributed by atoms with Crippen molar-refractivity contribution >= 4 is 28.4 Å². The predicted octanol–water partition coefficient (Wildman–Crippen LogP) is 3.41. The summed E-state index contributed by atoms with van der Waals surface area (Å²) >= 11 is 1.26. The number of thioether (sulfide) groups is 1. The van der Waals surface area contributed by atoms with Crippen molar-refractivity contribution in [1.82, 2.24) is 9.55 Å². The van der Waals surface area contributed by atoms with Crippen LogP contribution in [0.3, 0.4) is 0 Å². The Balaban J connectivity index is 1.86. The van der Waals surface area contributed by atoms with Crippen molar-refractivity contribution in [3.8, 4) is 11.5 Å². The highest BCUT2D eigenvalue weighted by atomic mass is 32.2. The van der Waals surface area contributed by atoms with E-state index in [4.69, 9.17) is 9.47 Å². The summed E-state index contributed by atoms with van der Waals surface area (Å²) in [4.78, 5) is 29.8.